The van der Waals surface area contributed by atoms with E-state index in [9.17, 15) is 24.4 Å². The third-order valence-corrected chi connectivity index (χ3v) is 8.29. The molecule has 0 bridgehead atoms. The number of nitrogens with zero attached hydrogens (tertiary/aromatic N) is 2. The van der Waals surface area contributed by atoms with Crippen molar-refractivity contribution in [2.45, 2.75) is 66.1 Å². The van der Waals surface area contributed by atoms with E-state index in [1.165, 1.54) is 12.0 Å². The average Bonchev–Trinajstić information content (AvgIpc) is 3.18. The smallest absolute Gasteiger partial charge is 0.407 e. The van der Waals surface area contributed by atoms with Gasteiger partial charge in [-0.15, -0.1) is 0 Å². The summed E-state index contributed by atoms with van der Waals surface area (Å²) in [6.07, 6.45) is -0.706. The first-order valence-corrected chi connectivity index (χ1v) is 13.2. The fraction of sp³-hybridized carbons (Fsp3) is 0.552. The minimum absolute atomic E-state index is 0.0219. The molecule has 0 radical (unpaired) electrons. The Bertz CT molecular complexity index is 1420. The Kier molecular flexibility index (Phi) is 7.23. The number of carbonyl (C=O) groups excluding carboxylic acids is 3. The van der Waals surface area contributed by atoms with Crippen molar-refractivity contribution >= 4 is 28.8 Å². The van der Waals surface area contributed by atoms with Crippen LogP contribution >= 0.6 is 0 Å². The zero-order valence-electron chi connectivity index (χ0n) is 23.5. The van der Waals surface area contributed by atoms with E-state index in [2.05, 4.69) is 35.5 Å². The molecule has 1 saturated heterocycles. The van der Waals surface area contributed by atoms with Crippen LogP contribution in [0.25, 0.3) is 10.9 Å². The molecule has 1 aromatic carbocycles. The summed E-state index contributed by atoms with van der Waals surface area (Å²) in [6, 6.07) is 6.86. The number of likely N-dealkylation sites (tertiary alicyclic amines) is 1. The highest BCUT2D eigenvalue weighted by Gasteiger charge is 2.69. The maximum Gasteiger partial charge on any atom is 0.407 e. The van der Waals surface area contributed by atoms with Gasteiger partial charge < -0.3 is 25.3 Å². The molecule has 3 amide bonds. The van der Waals surface area contributed by atoms with Crippen molar-refractivity contribution in [3.05, 3.63) is 45.7 Å². The topological polar surface area (TPSA) is 144 Å². The molecule has 2 fully saturated rings. The van der Waals surface area contributed by atoms with E-state index in [-0.39, 0.29) is 35.1 Å². The predicted octanol–water partition coefficient (Wildman–Crippen LogP) is 2.64. The van der Waals surface area contributed by atoms with Gasteiger partial charge in [0.05, 0.1) is 13.2 Å². The van der Waals surface area contributed by atoms with Gasteiger partial charge >= 0.3 is 6.09 Å². The van der Waals surface area contributed by atoms with E-state index in [0.29, 0.717) is 17.6 Å². The molecule has 1 aliphatic carbocycles. The van der Waals surface area contributed by atoms with Crippen LogP contribution in [-0.2, 0) is 20.7 Å². The van der Waals surface area contributed by atoms with Gasteiger partial charge in [-0.3, -0.25) is 14.4 Å². The quantitative estimate of drug-likeness (QED) is 0.519. The van der Waals surface area contributed by atoms with Gasteiger partial charge in [-0.05, 0) is 53.2 Å². The molecule has 5 atom stereocenters. The van der Waals surface area contributed by atoms with E-state index >= 15 is 0 Å². The number of H-pyrrole nitrogens is 1. The number of aromatic nitrogens is 1. The van der Waals surface area contributed by atoms with Crippen molar-refractivity contribution in [2.75, 3.05) is 13.7 Å². The Morgan fingerprint density at radius 2 is 1.92 bits per heavy atom. The molecule has 1 aliphatic heterocycles. The van der Waals surface area contributed by atoms with Gasteiger partial charge in [0, 0.05) is 24.0 Å². The number of aromatic amines is 1. The summed E-state index contributed by atoms with van der Waals surface area (Å²) in [5.41, 5.74) is 1.03. The predicted molar refractivity (Wildman–Crippen MR) is 146 cm³/mol. The fourth-order valence-electron chi connectivity index (χ4n) is 5.93. The highest BCUT2D eigenvalue weighted by molar-refractivity contribution is 5.93. The normalized spacial score (nSPS) is 22.8. The lowest BCUT2D eigenvalue weighted by atomic mass is 9.85. The van der Waals surface area contributed by atoms with Gasteiger partial charge in [-0.25, -0.2) is 4.79 Å². The third kappa shape index (κ3) is 5.35. The molecular formula is C29H37N5O5. The number of aryl methyl sites for hydroxylation is 1. The van der Waals surface area contributed by atoms with Crippen LogP contribution in [0.5, 0.6) is 0 Å². The molecule has 10 nitrogen and oxygen atoms in total. The first-order chi connectivity index (χ1) is 18.2. The van der Waals surface area contributed by atoms with Crippen molar-refractivity contribution in [2.24, 2.45) is 22.7 Å². The number of alkyl carbamates (subject to hydrolysis) is 1. The van der Waals surface area contributed by atoms with Gasteiger partial charge in [0.15, 0.2) is 0 Å². The number of rotatable bonds is 6. The Morgan fingerprint density at radius 3 is 2.54 bits per heavy atom. The molecule has 39 heavy (non-hydrogen) atoms. The summed E-state index contributed by atoms with van der Waals surface area (Å²) >= 11 is 0. The van der Waals surface area contributed by atoms with Crippen LogP contribution < -0.4 is 16.2 Å². The first kappa shape index (κ1) is 28.1. The number of nitriles is 1. The van der Waals surface area contributed by atoms with Crippen LogP contribution in [0.3, 0.4) is 0 Å². The van der Waals surface area contributed by atoms with Crippen LogP contribution in [-0.4, -0.2) is 59.6 Å². The molecule has 208 valence electrons. The van der Waals surface area contributed by atoms with Crippen molar-refractivity contribution < 1.29 is 19.1 Å². The molecule has 2 aliphatic rings. The van der Waals surface area contributed by atoms with Crippen LogP contribution in [0.4, 0.5) is 4.79 Å². The van der Waals surface area contributed by atoms with Gasteiger partial charge in [0.2, 0.25) is 11.8 Å². The van der Waals surface area contributed by atoms with E-state index in [4.69, 9.17) is 4.74 Å². The Labute approximate surface area is 228 Å². The SMILES string of the molecule is COC(=O)N[C@@H](C(=O)N1CC2[C@H](C1C(=O)N[C@@H](C#N)Cc1cc3cc(C)ccc3[nH]c1=O)C2(C)C)C(C)(C)C. The maximum atomic E-state index is 13.7. The molecule has 10 heteroatoms. The number of ether oxygens (including phenoxy) is 1. The van der Waals surface area contributed by atoms with Crippen LogP contribution in [0.1, 0.15) is 45.7 Å². The largest absolute Gasteiger partial charge is 0.453 e. The molecule has 2 aromatic rings. The van der Waals surface area contributed by atoms with Crippen LogP contribution in [0.2, 0.25) is 0 Å². The number of nitrogens with one attached hydrogen (secondary N) is 3. The zero-order valence-corrected chi connectivity index (χ0v) is 23.5. The highest BCUT2D eigenvalue weighted by atomic mass is 16.5. The number of benzene rings is 1. The number of piperidine rings is 1. The van der Waals surface area contributed by atoms with Gasteiger partial charge in [-0.1, -0.05) is 46.2 Å². The summed E-state index contributed by atoms with van der Waals surface area (Å²) in [7, 11) is 1.23. The van der Waals surface area contributed by atoms with E-state index in [1.807, 2.05) is 45.9 Å². The minimum Gasteiger partial charge on any atom is -0.453 e. The number of amides is 3. The monoisotopic (exact) mass is 535 g/mol. The lowest BCUT2D eigenvalue weighted by molar-refractivity contribution is -0.144. The van der Waals surface area contributed by atoms with Gasteiger partial charge in [-0.2, -0.15) is 5.26 Å². The molecule has 2 unspecified atom stereocenters. The molecule has 0 spiro atoms. The summed E-state index contributed by atoms with van der Waals surface area (Å²) < 4.78 is 4.73. The summed E-state index contributed by atoms with van der Waals surface area (Å²) in [4.78, 5) is 56.5. The summed E-state index contributed by atoms with van der Waals surface area (Å²) in [5, 5.41) is 16.1. The Balaban J connectivity index is 1.57. The third-order valence-electron chi connectivity index (χ3n) is 8.29. The average molecular weight is 536 g/mol. The van der Waals surface area contributed by atoms with Crippen LogP contribution in [0, 0.1) is 40.9 Å². The lowest BCUT2D eigenvalue weighted by Gasteiger charge is -2.37. The van der Waals surface area contributed by atoms with Gasteiger partial charge in [0.25, 0.3) is 5.56 Å². The van der Waals surface area contributed by atoms with E-state index in [0.717, 1.165) is 10.9 Å². The van der Waals surface area contributed by atoms with Crippen molar-refractivity contribution in [1.29, 1.82) is 5.26 Å². The summed E-state index contributed by atoms with van der Waals surface area (Å²) in [6.45, 7) is 12.0. The molecular weight excluding hydrogens is 498 g/mol. The number of fused-ring (bicyclic) bond motifs is 2. The van der Waals surface area contributed by atoms with Gasteiger partial charge in [0.1, 0.15) is 18.1 Å². The van der Waals surface area contributed by atoms with Crippen LogP contribution in [0.15, 0.2) is 29.1 Å². The second-order valence-electron chi connectivity index (χ2n) is 12.4. The number of methoxy groups -OCH3 is 1. The molecule has 2 heterocycles. The second-order valence-corrected chi connectivity index (χ2v) is 12.4. The Hall–Kier alpha value is -3.87. The minimum atomic E-state index is -0.967. The van der Waals surface area contributed by atoms with Crippen molar-refractivity contribution in [3.63, 3.8) is 0 Å². The Morgan fingerprint density at radius 1 is 1.23 bits per heavy atom. The summed E-state index contributed by atoms with van der Waals surface area (Å²) in [5.74, 6) is -0.757. The lowest BCUT2D eigenvalue weighted by Crippen LogP contribution is -2.59. The molecule has 4 rings (SSSR count). The molecule has 1 saturated carbocycles. The van der Waals surface area contributed by atoms with E-state index < -0.39 is 35.5 Å². The first-order valence-electron chi connectivity index (χ1n) is 13.2. The second kappa shape index (κ2) is 10.0. The molecule has 3 N–H and O–H groups in total. The van der Waals surface area contributed by atoms with Crippen molar-refractivity contribution in [3.8, 4) is 6.07 Å². The van der Waals surface area contributed by atoms with E-state index in [1.54, 1.807) is 6.07 Å². The highest BCUT2D eigenvalue weighted by Crippen LogP contribution is 2.65. The van der Waals surface area contributed by atoms with Crippen molar-refractivity contribution in [1.82, 2.24) is 20.5 Å². The number of carbonyl (C=O) groups is 3. The standard InChI is InChI=1S/C29H37N5O5/c1-15-8-9-20-16(10-15)11-17(24(35)32-20)12-18(13-30)31-25(36)22-21-19(29(21,5)6)14-34(22)26(37)23(28(2,3)4)33-27(38)39-7/h8-11,18-19,21-23H,12,14H2,1-7H3,(H,31,36)(H,32,35)(H,33,38)/t18-,19?,21-,22?,23+/m1/s1. The number of hydrogen-bond donors (Lipinski definition) is 3. The number of hydrogen-bond acceptors (Lipinski definition) is 6. The molecule has 1 aromatic heterocycles. The fourth-order valence-corrected chi connectivity index (χ4v) is 5.93. The number of pyridine rings is 1. The maximum absolute atomic E-state index is 13.7. The zero-order chi connectivity index (χ0) is 28.9.